The summed E-state index contributed by atoms with van der Waals surface area (Å²) in [5, 5.41) is 6.44. The Morgan fingerprint density at radius 2 is 2.31 bits per heavy atom. The van der Waals surface area contributed by atoms with Gasteiger partial charge in [-0.3, -0.25) is 4.98 Å². The van der Waals surface area contributed by atoms with Gasteiger partial charge >= 0.3 is 0 Å². The molecule has 1 fully saturated rings. The van der Waals surface area contributed by atoms with Gasteiger partial charge in [-0.15, -0.1) is 0 Å². The average molecular weight is 221 g/mol. The van der Waals surface area contributed by atoms with Gasteiger partial charge < -0.3 is 15.4 Å². The maximum atomic E-state index is 5.57. The number of hydrogen-bond acceptors (Lipinski definition) is 4. The van der Waals surface area contributed by atoms with Crippen LogP contribution in [-0.4, -0.2) is 31.3 Å². The second-order valence-corrected chi connectivity index (χ2v) is 4.06. The molecule has 16 heavy (non-hydrogen) atoms. The first kappa shape index (κ1) is 11.2. The summed E-state index contributed by atoms with van der Waals surface area (Å²) < 4.78 is 5.57. The molecule has 0 amide bonds. The van der Waals surface area contributed by atoms with Crippen LogP contribution in [-0.2, 0) is 4.74 Å². The summed E-state index contributed by atoms with van der Waals surface area (Å²) in [5.74, 6) is 0. The van der Waals surface area contributed by atoms with E-state index in [0.29, 0.717) is 6.10 Å². The number of pyridine rings is 1. The molecule has 1 unspecified atom stereocenters. The Morgan fingerprint density at radius 1 is 1.44 bits per heavy atom. The van der Waals surface area contributed by atoms with Crippen LogP contribution in [0, 0.1) is 0 Å². The van der Waals surface area contributed by atoms with Crippen LogP contribution < -0.4 is 10.6 Å². The molecule has 1 aliphatic heterocycles. The third-order valence-corrected chi connectivity index (χ3v) is 2.85. The number of nitrogens with zero attached hydrogens (tertiary/aromatic N) is 1. The van der Waals surface area contributed by atoms with Crippen LogP contribution in [0.5, 0.6) is 0 Å². The largest absolute Gasteiger partial charge is 0.387 e. The second kappa shape index (κ2) is 5.70. The molecule has 0 spiro atoms. The molecule has 0 bridgehead atoms. The van der Waals surface area contributed by atoms with E-state index < -0.39 is 0 Å². The minimum atomic E-state index is 0.452. The molecule has 1 atom stereocenters. The first-order valence-electron chi connectivity index (χ1n) is 5.87. The zero-order valence-corrected chi connectivity index (χ0v) is 9.70. The highest BCUT2D eigenvalue weighted by molar-refractivity contribution is 5.53. The van der Waals surface area contributed by atoms with E-state index in [0.717, 1.165) is 30.9 Å². The summed E-state index contributed by atoms with van der Waals surface area (Å²) in [6.45, 7) is 1.88. The standard InChI is InChI=1S/C12H19N3O/c1-13-10-7-11(9-14-8-10)15-5-4-12-3-2-6-16-12/h7-9,12-13,15H,2-6H2,1H3. The fourth-order valence-electron chi connectivity index (χ4n) is 1.92. The molecular weight excluding hydrogens is 202 g/mol. The predicted molar refractivity (Wildman–Crippen MR) is 65.9 cm³/mol. The van der Waals surface area contributed by atoms with Crippen LogP contribution in [0.15, 0.2) is 18.5 Å². The van der Waals surface area contributed by atoms with Gasteiger partial charge in [-0.2, -0.15) is 0 Å². The number of ether oxygens (including phenoxy) is 1. The molecule has 2 N–H and O–H groups in total. The Hall–Kier alpha value is -1.29. The van der Waals surface area contributed by atoms with E-state index in [1.165, 1.54) is 12.8 Å². The number of aromatic nitrogens is 1. The molecule has 1 aliphatic rings. The number of rotatable bonds is 5. The Kier molecular flexibility index (Phi) is 3.99. The lowest BCUT2D eigenvalue weighted by atomic mass is 10.2. The first-order valence-corrected chi connectivity index (χ1v) is 5.87. The van der Waals surface area contributed by atoms with Gasteiger partial charge in [-0.1, -0.05) is 0 Å². The Bertz CT molecular complexity index is 324. The van der Waals surface area contributed by atoms with Crippen LogP contribution in [0.3, 0.4) is 0 Å². The topological polar surface area (TPSA) is 46.2 Å². The van der Waals surface area contributed by atoms with Crippen molar-refractivity contribution >= 4 is 11.4 Å². The minimum absolute atomic E-state index is 0.452. The van der Waals surface area contributed by atoms with Gasteiger partial charge in [0.1, 0.15) is 0 Å². The molecule has 1 saturated heterocycles. The minimum Gasteiger partial charge on any atom is -0.387 e. The highest BCUT2D eigenvalue weighted by Crippen LogP contribution is 2.16. The molecule has 88 valence electrons. The van der Waals surface area contributed by atoms with Crippen molar-refractivity contribution in [3.63, 3.8) is 0 Å². The van der Waals surface area contributed by atoms with Crippen molar-refractivity contribution in [3.8, 4) is 0 Å². The Morgan fingerprint density at radius 3 is 3.06 bits per heavy atom. The van der Waals surface area contributed by atoms with E-state index in [1.54, 1.807) is 0 Å². The molecule has 2 rings (SSSR count). The van der Waals surface area contributed by atoms with E-state index in [-0.39, 0.29) is 0 Å². The normalized spacial score (nSPS) is 19.7. The maximum Gasteiger partial charge on any atom is 0.0592 e. The smallest absolute Gasteiger partial charge is 0.0592 e. The van der Waals surface area contributed by atoms with Crippen LogP contribution in [0.25, 0.3) is 0 Å². The first-order chi connectivity index (χ1) is 7.88. The van der Waals surface area contributed by atoms with Gasteiger partial charge in [-0.05, 0) is 25.3 Å². The van der Waals surface area contributed by atoms with Crippen LogP contribution in [0.1, 0.15) is 19.3 Å². The molecule has 4 heteroatoms. The van der Waals surface area contributed by atoms with Gasteiger partial charge in [0.2, 0.25) is 0 Å². The fraction of sp³-hybridized carbons (Fsp3) is 0.583. The monoisotopic (exact) mass is 221 g/mol. The summed E-state index contributed by atoms with van der Waals surface area (Å²) in [5.41, 5.74) is 2.09. The van der Waals surface area contributed by atoms with Crippen LogP contribution in [0.2, 0.25) is 0 Å². The van der Waals surface area contributed by atoms with Gasteiger partial charge in [0.15, 0.2) is 0 Å². The average Bonchev–Trinajstić information content (AvgIpc) is 2.82. The molecule has 1 aromatic rings. The predicted octanol–water partition coefficient (Wildman–Crippen LogP) is 2.10. The van der Waals surface area contributed by atoms with Crippen molar-refractivity contribution in [2.75, 3.05) is 30.8 Å². The van der Waals surface area contributed by atoms with Gasteiger partial charge in [0.25, 0.3) is 0 Å². The van der Waals surface area contributed by atoms with Crippen molar-refractivity contribution < 1.29 is 4.74 Å². The highest BCUT2D eigenvalue weighted by atomic mass is 16.5. The zero-order chi connectivity index (χ0) is 11.2. The highest BCUT2D eigenvalue weighted by Gasteiger charge is 2.14. The van der Waals surface area contributed by atoms with Gasteiger partial charge in [0.05, 0.1) is 29.9 Å². The van der Waals surface area contributed by atoms with Crippen LogP contribution in [0.4, 0.5) is 11.4 Å². The van der Waals surface area contributed by atoms with Crippen molar-refractivity contribution in [1.29, 1.82) is 0 Å². The van der Waals surface area contributed by atoms with Crippen molar-refractivity contribution in [1.82, 2.24) is 4.98 Å². The molecule has 4 nitrogen and oxygen atoms in total. The van der Waals surface area contributed by atoms with Gasteiger partial charge in [0, 0.05) is 20.2 Å². The summed E-state index contributed by atoms with van der Waals surface area (Å²) in [4.78, 5) is 4.15. The summed E-state index contributed by atoms with van der Waals surface area (Å²) in [7, 11) is 1.90. The van der Waals surface area contributed by atoms with Gasteiger partial charge in [-0.25, -0.2) is 0 Å². The molecule has 0 radical (unpaired) electrons. The Balaban J connectivity index is 1.75. The lowest BCUT2D eigenvalue weighted by Crippen LogP contribution is -2.12. The molecular formula is C12H19N3O. The van der Waals surface area contributed by atoms with E-state index in [1.807, 2.05) is 19.4 Å². The van der Waals surface area contributed by atoms with E-state index in [2.05, 4.69) is 21.7 Å². The lowest BCUT2D eigenvalue weighted by Gasteiger charge is -2.11. The number of anilines is 2. The molecule has 0 aromatic carbocycles. The molecule has 2 heterocycles. The van der Waals surface area contributed by atoms with E-state index in [9.17, 15) is 0 Å². The van der Waals surface area contributed by atoms with Crippen molar-refractivity contribution in [3.05, 3.63) is 18.5 Å². The summed E-state index contributed by atoms with van der Waals surface area (Å²) in [6, 6.07) is 2.06. The van der Waals surface area contributed by atoms with E-state index in [4.69, 9.17) is 4.74 Å². The fourth-order valence-corrected chi connectivity index (χ4v) is 1.92. The molecule has 0 saturated carbocycles. The van der Waals surface area contributed by atoms with Crippen molar-refractivity contribution in [2.45, 2.75) is 25.4 Å². The summed E-state index contributed by atoms with van der Waals surface area (Å²) in [6.07, 6.45) is 7.59. The molecule has 0 aliphatic carbocycles. The lowest BCUT2D eigenvalue weighted by molar-refractivity contribution is 0.107. The van der Waals surface area contributed by atoms with E-state index >= 15 is 0 Å². The second-order valence-electron chi connectivity index (χ2n) is 4.06. The van der Waals surface area contributed by atoms with Crippen LogP contribution >= 0.6 is 0 Å². The number of hydrogen-bond donors (Lipinski definition) is 2. The third-order valence-electron chi connectivity index (χ3n) is 2.85. The molecule has 1 aromatic heterocycles. The third kappa shape index (κ3) is 3.10. The maximum absolute atomic E-state index is 5.57. The summed E-state index contributed by atoms with van der Waals surface area (Å²) >= 11 is 0. The quantitative estimate of drug-likeness (QED) is 0.799. The SMILES string of the molecule is CNc1cncc(NCCC2CCCO2)c1. The van der Waals surface area contributed by atoms with Crippen molar-refractivity contribution in [2.24, 2.45) is 0 Å². The Labute approximate surface area is 96.4 Å². The number of nitrogens with one attached hydrogen (secondary N) is 2. The zero-order valence-electron chi connectivity index (χ0n) is 9.70.